The van der Waals surface area contributed by atoms with Crippen molar-refractivity contribution in [3.8, 4) is 5.75 Å². The molecule has 0 aliphatic carbocycles. The van der Waals surface area contributed by atoms with E-state index in [4.69, 9.17) is 9.47 Å². The molecule has 1 saturated heterocycles. The Kier molecular flexibility index (Phi) is 2.49. The average molecular weight is 206 g/mol. The van der Waals surface area contributed by atoms with Crippen LogP contribution in [0.15, 0.2) is 12.1 Å². The Labute approximate surface area is 89.0 Å². The Morgan fingerprint density at radius 1 is 1.40 bits per heavy atom. The zero-order chi connectivity index (χ0) is 11.0. The summed E-state index contributed by atoms with van der Waals surface area (Å²) < 4.78 is 10.4. The number of epoxide rings is 1. The number of carbonyl (C=O) groups excluding carboxylic acids is 1. The number of esters is 1. The summed E-state index contributed by atoms with van der Waals surface area (Å²) in [6.07, 6.45) is 0.244. The van der Waals surface area contributed by atoms with E-state index in [1.165, 1.54) is 12.5 Å². The molecule has 1 aromatic rings. The minimum absolute atomic E-state index is 0.244. The number of benzene rings is 1. The largest absolute Gasteiger partial charge is 0.426 e. The van der Waals surface area contributed by atoms with Crippen LogP contribution in [0.2, 0.25) is 0 Å². The molecule has 80 valence electrons. The van der Waals surface area contributed by atoms with Crippen LogP contribution in [0.1, 0.15) is 29.7 Å². The van der Waals surface area contributed by atoms with Gasteiger partial charge in [0.05, 0.1) is 6.61 Å². The number of rotatable bonds is 2. The summed E-state index contributed by atoms with van der Waals surface area (Å²) in [5.41, 5.74) is 3.13. The van der Waals surface area contributed by atoms with Crippen molar-refractivity contribution in [1.82, 2.24) is 0 Å². The van der Waals surface area contributed by atoms with Gasteiger partial charge in [0.1, 0.15) is 11.9 Å². The molecule has 0 radical (unpaired) electrons. The monoisotopic (exact) mass is 206 g/mol. The maximum Gasteiger partial charge on any atom is 0.308 e. The Balaban J connectivity index is 2.34. The Bertz CT molecular complexity index is 382. The van der Waals surface area contributed by atoms with Crippen LogP contribution in [-0.4, -0.2) is 12.6 Å². The summed E-state index contributed by atoms with van der Waals surface area (Å²) in [4.78, 5) is 10.9. The van der Waals surface area contributed by atoms with Crippen molar-refractivity contribution in [2.24, 2.45) is 0 Å². The minimum Gasteiger partial charge on any atom is -0.426 e. The Hall–Kier alpha value is -1.35. The molecule has 3 nitrogen and oxygen atoms in total. The third-order valence-corrected chi connectivity index (χ3v) is 2.43. The number of carbonyl (C=O) groups is 1. The third kappa shape index (κ3) is 2.18. The maximum absolute atomic E-state index is 10.9. The molecule has 3 heteroatoms. The van der Waals surface area contributed by atoms with E-state index in [0.29, 0.717) is 5.75 Å². The number of hydrogen-bond donors (Lipinski definition) is 0. The second-order valence-electron chi connectivity index (χ2n) is 3.90. The van der Waals surface area contributed by atoms with Crippen molar-refractivity contribution < 1.29 is 14.3 Å². The summed E-state index contributed by atoms with van der Waals surface area (Å²) in [5, 5.41) is 0. The minimum atomic E-state index is -0.281. The molecular weight excluding hydrogens is 192 g/mol. The summed E-state index contributed by atoms with van der Waals surface area (Å²) in [6.45, 7) is 6.09. The molecule has 1 fully saturated rings. The lowest BCUT2D eigenvalue weighted by Gasteiger charge is -2.10. The zero-order valence-electron chi connectivity index (χ0n) is 9.16. The second-order valence-corrected chi connectivity index (χ2v) is 3.90. The van der Waals surface area contributed by atoms with Crippen molar-refractivity contribution in [3.05, 3.63) is 28.8 Å². The van der Waals surface area contributed by atoms with Crippen LogP contribution in [0, 0.1) is 13.8 Å². The molecule has 0 N–H and O–H groups in total. The van der Waals surface area contributed by atoms with Gasteiger partial charge in [-0.3, -0.25) is 4.79 Å². The van der Waals surface area contributed by atoms with Crippen molar-refractivity contribution in [1.29, 1.82) is 0 Å². The van der Waals surface area contributed by atoms with Crippen LogP contribution in [0.4, 0.5) is 0 Å². The van der Waals surface area contributed by atoms with Gasteiger partial charge in [0.25, 0.3) is 0 Å². The summed E-state index contributed by atoms with van der Waals surface area (Å²) in [6, 6.07) is 4.03. The first-order valence-electron chi connectivity index (χ1n) is 4.99. The molecule has 1 atom stereocenters. The predicted molar refractivity (Wildman–Crippen MR) is 55.9 cm³/mol. The summed E-state index contributed by atoms with van der Waals surface area (Å²) in [7, 11) is 0. The molecule has 1 unspecified atom stereocenters. The lowest BCUT2D eigenvalue weighted by molar-refractivity contribution is -0.131. The lowest BCUT2D eigenvalue weighted by atomic mass is 10.0. The predicted octanol–water partition coefficient (Wildman–Crippen LogP) is 2.30. The molecule has 1 heterocycles. The fraction of sp³-hybridized carbons (Fsp3) is 0.417. The number of aryl methyl sites for hydroxylation is 2. The van der Waals surface area contributed by atoms with E-state index in [0.717, 1.165) is 17.7 Å². The molecule has 1 aromatic carbocycles. The number of hydrogen-bond acceptors (Lipinski definition) is 3. The quantitative estimate of drug-likeness (QED) is 0.423. The van der Waals surface area contributed by atoms with Gasteiger partial charge in [0, 0.05) is 6.92 Å². The van der Waals surface area contributed by atoms with Crippen LogP contribution >= 0.6 is 0 Å². The number of ether oxygens (including phenoxy) is 2. The van der Waals surface area contributed by atoms with Gasteiger partial charge >= 0.3 is 5.97 Å². The Morgan fingerprint density at radius 2 is 1.93 bits per heavy atom. The Morgan fingerprint density at radius 3 is 2.33 bits per heavy atom. The van der Waals surface area contributed by atoms with Gasteiger partial charge < -0.3 is 9.47 Å². The molecule has 15 heavy (non-hydrogen) atoms. The van der Waals surface area contributed by atoms with E-state index in [1.54, 1.807) is 0 Å². The molecule has 0 bridgehead atoms. The highest BCUT2D eigenvalue weighted by Crippen LogP contribution is 2.34. The molecule has 0 saturated carbocycles. The normalized spacial score (nSPS) is 18.7. The van der Waals surface area contributed by atoms with Gasteiger partial charge in [0.2, 0.25) is 0 Å². The molecule has 1 aliphatic rings. The highest BCUT2D eigenvalue weighted by atomic mass is 16.6. The molecule has 2 rings (SSSR count). The third-order valence-electron chi connectivity index (χ3n) is 2.43. The zero-order valence-corrected chi connectivity index (χ0v) is 9.16. The summed E-state index contributed by atoms with van der Waals surface area (Å²) >= 11 is 0. The van der Waals surface area contributed by atoms with Gasteiger partial charge in [-0.15, -0.1) is 0 Å². The first-order chi connectivity index (χ1) is 7.08. The van der Waals surface area contributed by atoms with Gasteiger partial charge in [0.15, 0.2) is 0 Å². The van der Waals surface area contributed by atoms with Crippen LogP contribution < -0.4 is 4.74 Å². The maximum atomic E-state index is 10.9. The van der Waals surface area contributed by atoms with Crippen molar-refractivity contribution in [3.63, 3.8) is 0 Å². The first kappa shape index (κ1) is 10.2. The fourth-order valence-corrected chi connectivity index (χ4v) is 1.71. The van der Waals surface area contributed by atoms with E-state index in [9.17, 15) is 4.79 Å². The SMILES string of the molecule is CC(=O)Oc1c(C)cc(C2CO2)cc1C. The van der Waals surface area contributed by atoms with Crippen molar-refractivity contribution >= 4 is 5.97 Å². The van der Waals surface area contributed by atoms with Crippen molar-refractivity contribution in [2.75, 3.05) is 6.61 Å². The van der Waals surface area contributed by atoms with Gasteiger partial charge in [-0.1, -0.05) is 0 Å². The smallest absolute Gasteiger partial charge is 0.308 e. The fourth-order valence-electron chi connectivity index (χ4n) is 1.71. The molecule has 0 spiro atoms. The average Bonchev–Trinajstić information content (AvgIpc) is 2.93. The highest BCUT2D eigenvalue weighted by molar-refractivity contribution is 5.70. The second kappa shape index (κ2) is 3.66. The topological polar surface area (TPSA) is 38.8 Å². The van der Waals surface area contributed by atoms with E-state index in [2.05, 4.69) is 0 Å². The molecule has 1 aliphatic heterocycles. The van der Waals surface area contributed by atoms with E-state index in [-0.39, 0.29) is 12.1 Å². The van der Waals surface area contributed by atoms with Gasteiger partial charge in [-0.05, 0) is 42.7 Å². The molecule has 0 aromatic heterocycles. The summed E-state index contributed by atoms with van der Waals surface area (Å²) in [5.74, 6) is 0.392. The van der Waals surface area contributed by atoms with Crippen LogP contribution in [0.25, 0.3) is 0 Å². The van der Waals surface area contributed by atoms with E-state index in [1.807, 2.05) is 26.0 Å². The van der Waals surface area contributed by atoms with Crippen LogP contribution in [0.3, 0.4) is 0 Å². The van der Waals surface area contributed by atoms with Crippen LogP contribution in [0.5, 0.6) is 5.75 Å². The lowest BCUT2D eigenvalue weighted by Crippen LogP contribution is -2.05. The first-order valence-corrected chi connectivity index (χ1v) is 4.99. The van der Waals surface area contributed by atoms with E-state index < -0.39 is 0 Å². The highest BCUT2D eigenvalue weighted by Gasteiger charge is 2.26. The molecular formula is C12H14O3. The molecule has 0 amide bonds. The van der Waals surface area contributed by atoms with Gasteiger partial charge in [-0.25, -0.2) is 0 Å². The van der Waals surface area contributed by atoms with E-state index >= 15 is 0 Å². The van der Waals surface area contributed by atoms with Crippen molar-refractivity contribution in [2.45, 2.75) is 26.9 Å². The standard InChI is InChI=1S/C12H14O3/c1-7-4-10(11-6-14-11)5-8(2)12(7)15-9(3)13/h4-5,11H,6H2,1-3H3. The van der Waals surface area contributed by atoms with Crippen LogP contribution in [-0.2, 0) is 9.53 Å². The van der Waals surface area contributed by atoms with Gasteiger partial charge in [-0.2, -0.15) is 0 Å².